The van der Waals surface area contributed by atoms with Gasteiger partial charge in [-0.25, -0.2) is 4.79 Å². The molecular formula is C30H37N3O5. The van der Waals surface area contributed by atoms with Crippen LogP contribution in [0.25, 0.3) is 0 Å². The van der Waals surface area contributed by atoms with Crippen molar-refractivity contribution in [3.05, 3.63) is 89.5 Å². The summed E-state index contributed by atoms with van der Waals surface area (Å²) in [7, 11) is 1.60. The van der Waals surface area contributed by atoms with Crippen molar-refractivity contribution >= 4 is 17.7 Å². The molecule has 202 valence electrons. The number of urea groups is 1. The third-order valence-electron chi connectivity index (χ3n) is 6.01. The number of ketones is 1. The van der Waals surface area contributed by atoms with Gasteiger partial charge in [-0.3, -0.25) is 19.9 Å². The molecule has 2 heterocycles. The second-order valence-corrected chi connectivity index (χ2v) is 8.25. The molecule has 2 aliphatic rings. The Morgan fingerprint density at radius 2 is 1.76 bits per heavy atom. The molecule has 0 spiro atoms. The van der Waals surface area contributed by atoms with Crippen LogP contribution in [0.2, 0.25) is 0 Å². The number of aryl methyl sites for hydroxylation is 1. The summed E-state index contributed by atoms with van der Waals surface area (Å²) in [6.45, 7) is 9.48. The number of allylic oxidation sites excluding steroid dienone is 3. The van der Waals surface area contributed by atoms with E-state index in [-0.39, 0.29) is 11.7 Å². The predicted octanol–water partition coefficient (Wildman–Crippen LogP) is 5.71. The van der Waals surface area contributed by atoms with Gasteiger partial charge in [0, 0.05) is 24.4 Å². The van der Waals surface area contributed by atoms with E-state index >= 15 is 0 Å². The molecule has 8 nitrogen and oxygen atoms in total. The number of hydrogen-bond donors (Lipinski definition) is 2. The molecule has 3 amide bonds. The topological polar surface area (TPSA) is 107 Å². The summed E-state index contributed by atoms with van der Waals surface area (Å²) in [5.74, 6) is 1.96. The number of ether oxygens (including phenoxy) is 2. The Labute approximate surface area is 224 Å². The quantitative estimate of drug-likeness (QED) is 0.359. The van der Waals surface area contributed by atoms with Gasteiger partial charge in [-0.05, 0) is 61.2 Å². The van der Waals surface area contributed by atoms with Crippen molar-refractivity contribution in [2.45, 2.75) is 59.4 Å². The van der Waals surface area contributed by atoms with Gasteiger partial charge >= 0.3 is 6.03 Å². The first kappa shape index (κ1) is 30.0. The average molecular weight is 520 g/mol. The number of Topliss-reactive ketones (excluding diaryl/α,β-unsaturated/α-hetero) is 1. The number of rotatable bonds is 7. The lowest BCUT2D eigenvalue weighted by Crippen LogP contribution is -2.47. The lowest BCUT2D eigenvalue weighted by atomic mass is 9.86. The number of amides is 3. The number of pyridine rings is 1. The highest BCUT2D eigenvalue weighted by atomic mass is 16.5. The summed E-state index contributed by atoms with van der Waals surface area (Å²) in [6, 6.07) is 8.70. The van der Waals surface area contributed by atoms with Gasteiger partial charge in [-0.1, -0.05) is 52.0 Å². The van der Waals surface area contributed by atoms with E-state index in [0.29, 0.717) is 18.6 Å². The van der Waals surface area contributed by atoms with E-state index in [9.17, 15) is 14.4 Å². The summed E-state index contributed by atoms with van der Waals surface area (Å²) in [4.78, 5) is 38.9. The molecule has 0 radical (unpaired) electrons. The van der Waals surface area contributed by atoms with Crippen molar-refractivity contribution in [3.63, 3.8) is 0 Å². The lowest BCUT2D eigenvalue weighted by Gasteiger charge is -2.25. The summed E-state index contributed by atoms with van der Waals surface area (Å²) in [5.41, 5.74) is 1.56. The molecule has 38 heavy (non-hydrogen) atoms. The minimum Gasteiger partial charge on any atom is -0.497 e. The lowest BCUT2D eigenvalue weighted by molar-refractivity contribution is -0.122. The van der Waals surface area contributed by atoms with E-state index in [0.717, 1.165) is 34.6 Å². The zero-order valence-corrected chi connectivity index (χ0v) is 23.0. The second-order valence-electron chi connectivity index (χ2n) is 8.25. The molecule has 8 heteroatoms. The van der Waals surface area contributed by atoms with Crippen LogP contribution in [0, 0.1) is 0 Å². The molecule has 0 saturated carbocycles. The normalized spacial score (nSPS) is 17.7. The largest absolute Gasteiger partial charge is 0.497 e. The summed E-state index contributed by atoms with van der Waals surface area (Å²) in [5, 5.41) is 5.04. The van der Waals surface area contributed by atoms with E-state index < -0.39 is 11.6 Å². The Hall–Kier alpha value is -4.20. The highest BCUT2D eigenvalue weighted by Gasteiger charge is 2.46. The standard InChI is InChI=1S/C17H17N3O3.C11H14O2.C2H6/c1-2-17(15(21)19-16(22)20-17)12-4-3-5-13(7-6-12)23-14-8-10-18-11-9-14;1-4-9-5-6-10(13-3)7-11(9)8(2)12;1-2/h3-4,6-11H,2,5H2,1H3,(H2,19,20,21,22);5-7H,4H2,1-3H3;1-2H3. The third kappa shape index (κ3) is 7.41. The minimum absolute atomic E-state index is 0.0933. The van der Waals surface area contributed by atoms with Gasteiger partial charge in [0.15, 0.2) is 5.78 Å². The first-order chi connectivity index (χ1) is 18.3. The maximum Gasteiger partial charge on any atom is 0.322 e. The van der Waals surface area contributed by atoms with Crippen LogP contribution < -0.4 is 20.1 Å². The molecule has 1 fully saturated rings. The van der Waals surface area contributed by atoms with Crippen LogP contribution in [0.5, 0.6) is 11.5 Å². The Kier molecular flexibility index (Phi) is 11.5. The highest BCUT2D eigenvalue weighted by molar-refractivity contribution is 6.09. The number of nitrogens with one attached hydrogen (secondary N) is 2. The molecule has 1 unspecified atom stereocenters. The van der Waals surface area contributed by atoms with E-state index in [1.807, 2.05) is 64.1 Å². The minimum atomic E-state index is -1.02. The van der Waals surface area contributed by atoms with Crippen LogP contribution >= 0.6 is 0 Å². The van der Waals surface area contributed by atoms with Gasteiger partial charge in [0.05, 0.1) is 7.11 Å². The van der Waals surface area contributed by atoms with E-state index in [2.05, 4.69) is 15.6 Å². The molecule has 1 aromatic heterocycles. The van der Waals surface area contributed by atoms with Gasteiger partial charge in [0.2, 0.25) is 0 Å². The SMILES string of the molecule is CC.CCC1(C2=CC=C(Oc3ccncc3)CC=C2)NC(=O)NC1=O.CCc1ccc(OC)cc1C(C)=O. The van der Waals surface area contributed by atoms with Crippen LogP contribution in [0.15, 0.2) is 78.4 Å². The molecule has 2 N–H and O–H groups in total. The zero-order chi connectivity index (χ0) is 28.1. The van der Waals surface area contributed by atoms with Crippen molar-refractivity contribution in [1.29, 1.82) is 0 Å². The van der Waals surface area contributed by atoms with Crippen LogP contribution in [0.3, 0.4) is 0 Å². The predicted molar refractivity (Wildman–Crippen MR) is 148 cm³/mol. The number of benzene rings is 1. The van der Waals surface area contributed by atoms with Crippen molar-refractivity contribution in [2.24, 2.45) is 0 Å². The summed E-state index contributed by atoms with van der Waals surface area (Å²) >= 11 is 0. The first-order valence-corrected chi connectivity index (χ1v) is 12.8. The highest BCUT2D eigenvalue weighted by Crippen LogP contribution is 2.28. The van der Waals surface area contributed by atoms with Crippen LogP contribution in [-0.4, -0.2) is 35.4 Å². The molecule has 1 aliphatic carbocycles. The Bertz CT molecular complexity index is 1220. The van der Waals surface area contributed by atoms with Crippen molar-refractivity contribution in [1.82, 2.24) is 15.6 Å². The van der Waals surface area contributed by atoms with Crippen LogP contribution in [0.1, 0.15) is 63.4 Å². The number of carbonyl (C=O) groups excluding carboxylic acids is 3. The van der Waals surface area contributed by atoms with Crippen LogP contribution in [0.4, 0.5) is 4.79 Å². The second kappa shape index (κ2) is 14.5. The van der Waals surface area contributed by atoms with Gasteiger partial charge in [0.1, 0.15) is 22.8 Å². The maximum absolute atomic E-state index is 12.2. The number of hydrogen-bond acceptors (Lipinski definition) is 6. The fraction of sp³-hybridized carbons (Fsp3) is 0.333. The smallest absolute Gasteiger partial charge is 0.322 e. The Morgan fingerprint density at radius 1 is 1.05 bits per heavy atom. The number of carbonyl (C=O) groups is 3. The maximum atomic E-state index is 12.2. The van der Waals surface area contributed by atoms with Gasteiger partial charge in [0.25, 0.3) is 5.91 Å². The molecule has 1 atom stereocenters. The molecule has 1 aliphatic heterocycles. The number of aromatic nitrogens is 1. The van der Waals surface area contributed by atoms with Gasteiger partial charge in [-0.2, -0.15) is 0 Å². The fourth-order valence-electron chi connectivity index (χ4n) is 3.99. The molecule has 2 aromatic rings. The monoisotopic (exact) mass is 519 g/mol. The third-order valence-corrected chi connectivity index (χ3v) is 6.01. The fourth-order valence-corrected chi connectivity index (χ4v) is 3.99. The molecule has 1 aromatic carbocycles. The van der Waals surface area contributed by atoms with E-state index in [4.69, 9.17) is 9.47 Å². The number of nitrogens with zero attached hydrogens (tertiary/aromatic N) is 1. The van der Waals surface area contributed by atoms with E-state index in [1.165, 1.54) is 0 Å². The van der Waals surface area contributed by atoms with Gasteiger partial charge in [-0.15, -0.1) is 0 Å². The molecule has 0 bridgehead atoms. The number of methoxy groups -OCH3 is 1. The zero-order valence-electron chi connectivity index (χ0n) is 23.0. The molecule has 1 saturated heterocycles. The Morgan fingerprint density at radius 3 is 2.32 bits per heavy atom. The van der Waals surface area contributed by atoms with Crippen molar-refractivity contribution in [3.8, 4) is 11.5 Å². The average Bonchev–Trinajstić information content (AvgIpc) is 3.08. The summed E-state index contributed by atoms with van der Waals surface area (Å²) in [6.07, 6.45) is 12.7. The molecular weight excluding hydrogens is 482 g/mol. The van der Waals surface area contributed by atoms with Crippen molar-refractivity contribution in [2.75, 3.05) is 7.11 Å². The number of imide groups is 1. The van der Waals surface area contributed by atoms with Crippen LogP contribution in [-0.2, 0) is 11.2 Å². The Balaban J connectivity index is 0.000000288. The van der Waals surface area contributed by atoms with Crippen molar-refractivity contribution < 1.29 is 23.9 Å². The first-order valence-electron chi connectivity index (χ1n) is 12.8. The van der Waals surface area contributed by atoms with E-state index in [1.54, 1.807) is 44.6 Å². The molecule has 4 rings (SSSR count). The van der Waals surface area contributed by atoms with Gasteiger partial charge < -0.3 is 14.8 Å². The summed E-state index contributed by atoms with van der Waals surface area (Å²) < 4.78 is 10.9.